The van der Waals surface area contributed by atoms with Crippen molar-refractivity contribution >= 4 is 11.9 Å². The zero-order valence-corrected chi connectivity index (χ0v) is 17.0. The number of carbonyl (C=O) groups is 2. The van der Waals surface area contributed by atoms with Gasteiger partial charge < -0.3 is 9.47 Å². The smallest absolute Gasteiger partial charge is 0.339 e. The van der Waals surface area contributed by atoms with Crippen LogP contribution in [0.4, 0.5) is 4.39 Å². The maximum atomic E-state index is 13.2. The molecule has 0 radical (unpaired) electrons. The van der Waals surface area contributed by atoms with E-state index in [-0.39, 0.29) is 17.7 Å². The lowest BCUT2D eigenvalue weighted by Crippen LogP contribution is -2.14. The summed E-state index contributed by atoms with van der Waals surface area (Å²) < 4.78 is 23.8. The van der Waals surface area contributed by atoms with Crippen molar-refractivity contribution < 1.29 is 23.5 Å². The molecule has 0 saturated heterocycles. The van der Waals surface area contributed by atoms with Gasteiger partial charge in [-0.3, -0.25) is 0 Å². The predicted octanol–water partition coefficient (Wildman–Crippen LogP) is 6.09. The van der Waals surface area contributed by atoms with Crippen LogP contribution >= 0.6 is 0 Å². The summed E-state index contributed by atoms with van der Waals surface area (Å²) >= 11 is 0. The fraction of sp³-hybridized carbons (Fsp3) is 0.417. The molecule has 0 N–H and O–H groups in total. The highest BCUT2D eigenvalue weighted by Crippen LogP contribution is 2.14. The van der Waals surface area contributed by atoms with Crippen molar-refractivity contribution in [2.75, 3.05) is 6.61 Å². The Balaban J connectivity index is 1.82. The molecule has 4 nitrogen and oxygen atoms in total. The monoisotopic (exact) mass is 400 g/mol. The topological polar surface area (TPSA) is 52.6 Å². The lowest BCUT2D eigenvalue weighted by molar-refractivity contribution is 0.0436. The Morgan fingerprint density at radius 1 is 0.793 bits per heavy atom. The molecule has 0 aliphatic rings. The second-order valence-corrected chi connectivity index (χ2v) is 7.01. The van der Waals surface area contributed by atoms with E-state index in [1.165, 1.54) is 43.9 Å². The van der Waals surface area contributed by atoms with Crippen molar-refractivity contribution in [2.24, 2.45) is 0 Å². The van der Waals surface area contributed by atoms with Gasteiger partial charge in [0.05, 0.1) is 17.7 Å². The Hall–Kier alpha value is -2.69. The number of halogens is 1. The van der Waals surface area contributed by atoms with E-state index in [1.807, 2.05) is 0 Å². The Morgan fingerprint density at radius 3 is 2.07 bits per heavy atom. The van der Waals surface area contributed by atoms with Gasteiger partial charge in [0.2, 0.25) is 0 Å². The molecule has 0 aliphatic heterocycles. The molecule has 156 valence electrons. The van der Waals surface area contributed by atoms with Crippen LogP contribution in [0.5, 0.6) is 0 Å². The predicted molar refractivity (Wildman–Crippen MR) is 110 cm³/mol. The summed E-state index contributed by atoms with van der Waals surface area (Å²) in [7, 11) is 0. The number of hydrogen-bond acceptors (Lipinski definition) is 4. The largest absolute Gasteiger partial charge is 0.462 e. The molecule has 0 unspecified atom stereocenters. The number of unbranched alkanes of at least 4 members (excludes halogenated alkanes) is 6. The lowest BCUT2D eigenvalue weighted by Gasteiger charge is -2.10. The van der Waals surface area contributed by atoms with E-state index in [4.69, 9.17) is 9.47 Å². The number of esters is 2. The fourth-order valence-corrected chi connectivity index (χ4v) is 2.99. The second-order valence-electron chi connectivity index (χ2n) is 7.01. The molecule has 0 fully saturated rings. The van der Waals surface area contributed by atoms with Crippen LogP contribution in [0.3, 0.4) is 0 Å². The molecule has 0 aromatic heterocycles. The van der Waals surface area contributed by atoms with Crippen LogP contribution in [-0.2, 0) is 16.1 Å². The summed E-state index contributed by atoms with van der Waals surface area (Å²) in [5.41, 5.74) is 0.866. The SMILES string of the molecule is CCCCCCCCCOC(=O)c1ccccc1C(=O)OCc1cccc(F)c1. The normalized spacial score (nSPS) is 10.6. The van der Waals surface area contributed by atoms with Gasteiger partial charge in [-0.25, -0.2) is 14.0 Å². The average molecular weight is 400 g/mol. The first-order valence-electron chi connectivity index (χ1n) is 10.3. The van der Waals surface area contributed by atoms with Crippen molar-refractivity contribution in [3.05, 3.63) is 71.0 Å². The average Bonchev–Trinajstić information content (AvgIpc) is 2.74. The first-order chi connectivity index (χ1) is 14.1. The molecule has 2 aromatic carbocycles. The summed E-state index contributed by atoms with van der Waals surface area (Å²) in [6.45, 7) is 2.45. The zero-order valence-electron chi connectivity index (χ0n) is 17.0. The summed E-state index contributed by atoms with van der Waals surface area (Å²) in [6, 6.07) is 12.2. The van der Waals surface area contributed by atoms with Crippen LogP contribution in [0.15, 0.2) is 48.5 Å². The molecular weight excluding hydrogens is 371 g/mol. The highest BCUT2D eigenvalue weighted by Gasteiger charge is 2.19. The molecule has 0 heterocycles. The van der Waals surface area contributed by atoms with Crippen LogP contribution in [-0.4, -0.2) is 18.5 Å². The van der Waals surface area contributed by atoms with Gasteiger partial charge >= 0.3 is 11.9 Å². The molecule has 2 rings (SSSR count). The van der Waals surface area contributed by atoms with Gasteiger partial charge in [-0.15, -0.1) is 0 Å². The highest BCUT2D eigenvalue weighted by atomic mass is 19.1. The van der Waals surface area contributed by atoms with Crippen LogP contribution in [0.2, 0.25) is 0 Å². The molecule has 0 saturated carbocycles. The van der Waals surface area contributed by atoms with Crippen LogP contribution in [0.1, 0.15) is 78.1 Å². The Bertz CT molecular complexity index is 788. The number of hydrogen-bond donors (Lipinski definition) is 0. The third-order valence-corrected chi connectivity index (χ3v) is 4.61. The Kier molecular flexibility index (Phi) is 9.90. The third-order valence-electron chi connectivity index (χ3n) is 4.61. The van der Waals surface area contributed by atoms with Crippen LogP contribution in [0, 0.1) is 5.82 Å². The minimum Gasteiger partial charge on any atom is -0.462 e. The molecular formula is C24H29FO4. The number of benzene rings is 2. The zero-order chi connectivity index (χ0) is 20.9. The van der Waals surface area contributed by atoms with Crippen molar-refractivity contribution in [3.63, 3.8) is 0 Å². The molecule has 5 heteroatoms. The van der Waals surface area contributed by atoms with Crippen molar-refractivity contribution in [3.8, 4) is 0 Å². The molecule has 0 amide bonds. The molecule has 0 aliphatic carbocycles. The molecule has 29 heavy (non-hydrogen) atoms. The van der Waals surface area contributed by atoms with Gasteiger partial charge in [-0.2, -0.15) is 0 Å². The third kappa shape index (κ3) is 8.06. The van der Waals surface area contributed by atoms with Gasteiger partial charge in [0.15, 0.2) is 0 Å². The van der Waals surface area contributed by atoms with Crippen LogP contribution in [0.25, 0.3) is 0 Å². The first kappa shape index (κ1) is 22.6. The van der Waals surface area contributed by atoms with E-state index in [0.717, 1.165) is 19.3 Å². The van der Waals surface area contributed by atoms with E-state index < -0.39 is 17.8 Å². The van der Waals surface area contributed by atoms with Gasteiger partial charge in [-0.05, 0) is 36.2 Å². The maximum Gasteiger partial charge on any atom is 0.339 e. The van der Waals surface area contributed by atoms with Gasteiger partial charge in [-0.1, -0.05) is 69.7 Å². The highest BCUT2D eigenvalue weighted by molar-refractivity contribution is 6.03. The Morgan fingerprint density at radius 2 is 1.41 bits per heavy atom. The maximum absolute atomic E-state index is 13.2. The first-order valence-corrected chi connectivity index (χ1v) is 10.3. The standard InChI is InChI=1S/C24H29FO4/c1-2-3-4-5-6-7-10-16-28-23(26)21-14-8-9-15-22(21)24(27)29-18-19-12-11-13-20(25)17-19/h8-9,11-15,17H,2-7,10,16,18H2,1H3. The van der Waals surface area contributed by atoms with Gasteiger partial charge in [0.25, 0.3) is 0 Å². The summed E-state index contributed by atoms with van der Waals surface area (Å²) in [6.07, 6.45) is 7.92. The molecule has 0 atom stereocenters. The van der Waals surface area contributed by atoms with E-state index in [1.54, 1.807) is 30.3 Å². The van der Waals surface area contributed by atoms with E-state index >= 15 is 0 Å². The van der Waals surface area contributed by atoms with Gasteiger partial charge in [0, 0.05) is 0 Å². The van der Waals surface area contributed by atoms with E-state index in [9.17, 15) is 14.0 Å². The minimum absolute atomic E-state index is 0.0714. The summed E-state index contributed by atoms with van der Waals surface area (Å²) in [5.74, 6) is -1.57. The van der Waals surface area contributed by atoms with Crippen molar-refractivity contribution in [1.82, 2.24) is 0 Å². The summed E-state index contributed by atoms with van der Waals surface area (Å²) in [4.78, 5) is 24.8. The van der Waals surface area contributed by atoms with Crippen molar-refractivity contribution in [1.29, 1.82) is 0 Å². The molecule has 0 spiro atoms. The lowest BCUT2D eigenvalue weighted by atomic mass is 10.1. The number of carbonyl (C=O) groups excluding carboxylic acids is 2. The molecule has 0 bridgehead atoms. The van der Waals surface area contributed by atoms with Crippen LogP contribution < -0.4 is 0 Å². The van der Waals surface area contributed by atoms with Gasteiger partial charge in [0.1, 0.15) is 12.4 Å². The summed E-state index contributed by atoms with van der Waals surface area (Å²) in [5, 5.41) is 0. The quantitative estimate of drug-likeness (QED) is 0.319. The number of rotatable bonds is 12. The Labute approximate surface area is 172 Å². The van der Waals surface area contributed by atoms with E-state index in [2.05, 4.69) is 6.92 Å². The van der Waals surface area contributed by atoms with E-state index in [0.29, 0.717) is 12.2 Å². The second kappa shape index (κ2) is 12.7. The fourth-order valence-electron chi connectivity index (χ4n) is 2.99. The number of ether oxygens (including phenoxy) is 2. The minimum atomic E-state index is -0.641. The van der Waals surface area contributed by atoms with Crippen molar-refractivity contribution in [2.45, 2.75) is 58.5 Å². The molecule has 2 aromatic rings.